The molecule has 3 nitrogen and oxygen atoms in total. The van der Waals surface area contributed by atoms with Crippen molar-refractivity contribution in [3.63, 3.8) is 0 Å². The standard InChI is InChI=1S/C14H19NO2/c1-10(12-5-3-4-6-13(12)16)15(2)14(17)9-11-7-8-11/h3-6,10-11,16H,7-9H2,1-2H3. The van der Waals surface area contributed by atoms with Crippen LogP contribution in [0, 0.1) is 5.92 Å². The third-order valence-corrected chi connectivity index (χ3v) is 3.52. The molecule has 0 aromatic heterocycles. The normalized spacial score (nSPS) is 16.6. The molecule has 1 aromatic carbocycles. The molecule has 0 saturated heterocycles. The molecule has 1 amide bonds. The Morgan fingerprint density at radius 3 is 2.71 bits per heavy atom. The summed E-state index contributed by atoms with van der Waals surface area (Å²) in [6.07, 6.45) is 3.02. The van der Waals surface area contributed by atoms with Gasteiger partial charge in [-0.15, -0.1) is 0 Å². The molecule has 1 atom stereocenters. The summed E-state index contributed by atoms with van der Waals surface area (Å²) in [7, 11) is 1.81. The number of hydrogen-bond acceptors (Lipinski definition) is 2. The zero-order valence-corrected chi connectivity index (χ0v) is 10.4. The lowest BCUT2D eigenvalue weighted by atomic mass is 10.1. The van der Waals surface area contributed by atoms with Crippen LogP contribution in [0.25, 0.3) is 0 Å². The van der Waals surface area contributed by atoms with Gasteiger partial charge in [-0.25, -0.2) is 0 Å². The minimum atomic E-state index is -0.0811. The molecule has 1 unspecified atom stereocenters. The van der Waals surface area contributed by atoms with E-state index >= 15 is 0 Å². The van der Waals surface area contributed by atoms with Crippen LogP contribution < -0.4 is 0 Å². The van der Waals surface area contributed by atoms with Crippen LogP contribution in [-0.4, -0.2) is 23.0 Å². The van der Waals surface area contributed by atoms with Crippen molar-refractivity contribution in [1.82, 2.24) is 4.90 Å². The van der Waals surface area contributed by atoms with Crippen molar-refractivity contribution in [2.24, 2.45) is 5.92 Å². The maximum absolute atomic E-state index is 12.0. The van der Waals surface area contributed by atoms with Crippen LogP contribution in [0.4, 0.5) is 0 Å². The van der Waals surface area contributed by atoms with E-state index in [1.54, 1.807) is 17.0 Å². The first-order valence-electron chi connectivity index (χ1n) is 6.13. The third kappa shape index (κ3) is 2.78. The van der Waals surface area contributed by atoms with Gasteiger partial charge in [0.2, 0.25) is 5.91 Å². The molecule has 3 heteroatoms. The number of rotatable bonds is 4. The fourth-order valence-corrected chi connectivity index (χ4v) is 1.98. The van der Waals surface area contributed by atoms with Gasteiger partial charge in [0.15, 0.2) is 0 Å². The molecule has 2 rings (SSSR count). The molecular weight excluding hydrogens is 214 g/mol. The van der Waals surface area contributed by atoms with Gasteiger partial charge < -0.3 is 10.0 Å². The smallest absolute Gasteiger partial charge is 0.223 e. The fraction of sp³-hybridized carbons (Fsp3) is 0.500. The lowest BCUT2D eigenvalue weighted by Crippen LogP contribution is -2.29. The minimum Gasteiger partial charge on any atom is -0.508 e. The first kappa shape index (κ1) is 12.0. The molecule has 0 aliphatic heterocycles. The average Bonchev–Trinajstić information content (AvgIpc) is 3.11. The monoisotopic (exact) mass is 233 g/mol. The van der Waals surface area contributed by atoms with Crippen molar-refractivity contribution in [3.05, 3.63) is 29.8 Å². The summed E-state index contributed by atoms with van der Waals surface area (Å²) in [5, 5.41) is 9.77. The summed E-state index contributed by atoms with van der Waals surface area (Å²) < 4.78 is 0. The van der Waals surface area contributed by atoms with Crippen LogP contribution in [0.5, 0.6) is 5.75 Å². The van der Waals surface area contributed by atoms with Crippen molar-refractivity contribution in [2.45, 2.75) is 32.2 Å². The van der Waals surface area contributed by atoms with Crippen LogP contribution >= 0.6 is 0 Å². The Labute approximate surface area is 102 Å². The quantitative estimate of drug-likeness (QED) is 0.868. The highest BCUT2D eigenvalue weighted by Crippen LogP contribution is 2.34. The van der Waals surface area contributed by atoms with Gasteiger partial charge in [-0.3, -0.25) is 4.79 Å². The van der Waals surface area contributed by atoms with Gasteiger partial charge in [0.1, 0.15) is 5.75 Å². The van der Waals surface area contributed by atoms with Crippen molar-refractivity contribution in [1.29, 1.82) is 0 Å². The van der Waals surface area contributed by atoms with Crippen molar-refractivity contribution in [3.8, 4) is 5.75 Å². The maximum Gasteiger partial charge on any atom is 0.223 e. The van der Waals surface area contributed by atoms with Crippen LogP contribution in [0.2, 0.25) is 0 Å². The number of carbonyl (C=O) groups excluding carboxylic acids is 1. The van der Waals surface area contributed by atoms with Gasteiger partial charge in [-0.1, -0.05) is 18.2 Å². The highest BCUT2D eigenvalue weighted by Gasteiger charge is 2.28. The Kier molecular flexibility index (Phi) is 3.36. The molecule has 1 saturated carbocycles. The highest BCUT2D eigenvalue weighted by atomic mass is 16.3. The van der Waals surface area contributed by atoms with Crippen molar-refractivity contribution < 1.29 is 9.90 Å². The predicted octanol–water partition coefficient (Wildman–Crippen LogP) is 2.71. The van der Waals surface area contributed by atoms with Gasteiger partial charge in [-0.05, 0) is 31.7 Å². The molecule has 17 heavy (non-hydrogen) atoms. The molecule has 1 fully saturated rings. The summed E-state index contributed by atoms with van der Waals surface area (Å²) in [6.45, 7) is 1.94. The Morgan fingerprint density at radius 2 is 2.12 bits per heavy atom. The maximum atomic E-state index is 12.0. The number of carbonyl (C=O) groups is 1. The molecule has 0 bridgehead atoms. The number of phenols is 1. The van der Waals surface area contributed by atoms with Crippen LogP contribution in [-0.2, 0) is 4.79 Å². The zero-order valence-electron chi connectivity index (χ0n) is 10.4. The molecule has 1 aliphatic carbocycles. The molecule has 1 aromatic rings. The second kappa shape index (κ2) is 4.78. The Bertz CT molecular complexity index is 412. The first-order valence-corrected chi connectivity index (χ1v) is 6.13. The van der Waals surface area contributed by atoms with Crippen LogP contribution in [0.15, 0.2) is 24.3 Å². The van der Waals surface area contributed by atoms with E-state index in [9.17, 15) is 9.90 Å². The number of para-hydroxylation sites is 1. The summed E-state index contributed by atoms with van der Waals surface area (Å²) in [6, 6.07) is 7.11. The summed E-state index contributed by atoms with van der Waals surface area (Å²) in [5.41, 5.74) is 0.805. The summed E-state index contributed by atoms with van der Waals surface area (Å²) in [4.78, 5) is 13.7. The molecule has 92 valence electrons. The molecule has 1 N–H and O–H groups in total. The Hall–Kier alpha value is -1.51. The SMILES string of the molecule is CC(c1ccccc1O)N(C)C(=O)CC1CC1. The summed E-state index contributed by atoms with van der Waals surface area (Å²) >= 11 is 0. The minimum absolute atomic E-state index is 0.0811. The fourth-order valence-electron chi connectivity index (χ4n) is 1.98. The Balaban J connectivity index is 2.05. The number of hydrogen-bond donors (Lipinski definition) is 1. The number of aromatic hydroxyl groups is 1. The second-order valence-corrected chi connectivity index (χ2v) is 4.89. The van der Waals surface area contributed by atoms with E-state index in [4.69, 9.17) is 0 Å². The zero-order chi connectivity index (χ0) is 12.4. The van der Waals surface area contributed by atoms with E-state index in [2.05, 4.69) is 0 Å². The third-order valence-electron chi connectivity index (χ3n) is 3.52. The molecular formula is C14H19NO2. The van der Waals surface area contributed by atoms with Gasteiger partial charge in [-0.2, -0.15) is 0 Å². The largest absolute Gasteiger partial charge is 0.508 e. The predicted molar refractivity (Wildman–Crippen MR) is 66.6 cm³/mol. The molecule has 0 spiro atoms. The van der Waals surface area contributed by atoms with Crippen molar-refractivity contribution in [2.75, 3.05) is 7.05 Å². The van der Waals surface area contributed by atoms with E-state index in [0.717, 1.165) is 5.56 Å². The van der Waals surface area contributed by atoms with Crippen molar-refractivity contribution >= 4 is 5.91 Å². The molecule has 0 heterocycles. The lowest BCUT2D eigenvalue weighted by molar-refractivity contribution is -0.132. The van der Waals surface area contributed by atoms with E-state index in [1.165, 1.54) is 12.8 Å². The first-order chi connectivity index (χ1) is 8.09. The van der Waals surface area contributed by atoms with E-state index in [-0.39, 0.29) is 17.7 Å². The lowest BCUT2D eigenvalue weighted by Gasteiger charge is -2.26. The van der Waals surface area contributed by atoms with Gasteiger partial charge in [0, 0.05) is 19.0 Å². The summed E-state index contributed by atoms with van der Waals surface area (Å²) in [5.74, 6) is 1.02. The number of nitrogens with zero attached hydrogens (tertiary/aromatic N) is 1. The van der Waals surface area contributed by atoms with E-state index in [0.29, 0.717) is 12.3 Å². The number of phenolic OH excluding ortho intramolecular Hbond substituents is 1. The molecule has 0 radical (unpaired) electrons. The van der Waals surface area contributed by atoms with E-state index < -0.39 is 0 Å². The van der Waals surface area contributed by atoms with Gasteiger partial charge in [0.25, 0.3) is 0 Å². The number of benzene rings is 1. The molecule has 1 aliphatic rings. The topological polar surface area (TPSA) is 40.5 Å². The second-order valence-electron chi connectivity index (χ2n) is 4.89. The number of amides is 1. The van der Waals surface area contributed by atoms with Gasteiger partial charge in [0.05, 0.1) is 6.04 Å². The van der Waals surface area contributed by atoms with Gasteiger partial charge >= 0.3 is 0 Å². The highest BCUT2D eigenvalue weighted by molar-refractivity contribution is 5.77. The van der Waals surface area contributed by atoms with Crippen LogP contribution in [0.1, 0.15) is 37.8 Å². The average molecular weight is 233 g/mol. The van der Waals surface area contributed by atoms with Crippen LogP contribution in [0.3, 0.4) is 0 Å². The van der Waals surface area contributed by atoms with E-state index in [1.807, 2.05) is 26.1 Å². The Morgan fingerprint density at radius 1 is 1.47 bits per heavy atom.